The molecule has 0 aromatic heterocycles. The molecular formula is C21H26N2O4. The minimum Gasteiger partial charge on any atom is -0.493 e. The van der Waals surface area contributed by atoms with Gasteiger partial charge < -0.3 is 19.7 Å². The molecule has 0 saturated carbocycles. The van der Waals surface area contributed by atoms with E-state index < -0.39 is 0 Å². The van der Waals surface area contributed by atoms with Crippen LogP contribution < -0.4 is 14.8 Å². The summed E-state index contributed by atoms with van der Waals surface area (Å²) in [6.45, 7) is 6.14. The van der Waals surface area contributed by atoms with Crippen LogP contribution in [0, 0.1) is 13.8 Å². The summed E-state index contributed by atoms with van der Waals surface area (Å²) in [5, 5.41) is 2.89. The maximum atomic E-state index is 12.7. The van der Waals surface area contributed by atoms with Crippen LogP contribution in [0.25, 0.3) is 0 Å². The predicted molar refractivity (Wildman–Crippen MR) is 106 cm³/mol. The minimum atomic E-state index is -0.268. The van der Waals surface area contributed by atoms with E-state index in [1.165, 1.54) is 4.90 Å². The van der Waals surface area contributed by atoms with E-state index in [2.05, 4.69) is 5.32 Å². The number of anilines is 1. The van der Waals surface area contributed by atoms with Crippen LogP contribution in [0.15, 0.2) is 36.4 Å². The molecule has 27 heavy (non-hydrogen) atoms. The van der Waals surface area contributed by atoms with Gasteiger partial charge in [-0.1, -0.05) is 18.2 Å². The van der Waals surface area contributed by atoms with E-state index in [1.54, 1.807) is 32.4 Å². The Hall–Kier alpha value is -3.02. The third-order valence-corrected chi connectivity index (χ3v) is 4.18. The van der Waals surface area contributed by atoms with Crippen molar-refractivity contribution in [3.05, 3.63) is 53.1 Å². The number of amides is 2. The molecule has 2 amide bonds. The van der Waals surface area contributed by atoms with E-state index >= 15 is 0 Å². The molecular weight excluding hydrogens is 344 g/mol. The number of benzene rings is 2. The second-order valence-electron chi connectivity index (χ2n) is 6.27. The van der Waals surface area contributed by atoms with Gasteiger partial charge in [-0.25, -0.2) is 0 Å². The molecule has 0 heterocycles. The van der Waals surface area contributed by atoms with Gasteiger partial charge in [-0.05, 0) is 50.1 Å². The van der Waals surface area contributed by atoms with Crippen molar-refractivity contribution in [2.24, 2.45) is 0 Å². The van der Waals surface area contributed by atoms with E-state index in [9.17, 15) is 9.59 Å². The van der Waals surface area contributed by atoms with Gasteiger partial charge in [-0.15, -0.1) is 0 Å². The topological polar surface area (TPSA) is 67.9 Å². The van der Waals surface area contributed by atoms with Crippen molar-refractivity contribution in [3.8, 4) is 11.5 Å². The van der Waals surface area contributed by atoms with Crippen molar-refractivity contribution in [2.45, 2.75) is 20.8 Å². The van der Waals surface area contributed by atoms with Gasteiger partial charge in [0.25, 0.3) is 5.91 Å². The summed E-state index contributed by atoms with van der Waals surface area (Å²) in [6, 6.07) is 10.8. The second-order valence-corrected chi connectivity index (χ2v) is 6.27. The fourth-order valence-corrected chi connectivity index (χ4v) is 2.78. The van der Waals surface area contributed by atoms with Crippen molar-refractivity contribution < 1.29 is 19.1 Å². The molecule has 0 saturated heterocycles. The van der Waals surface area contributed by atoms with Gasteiger partial charge in [0.2, 0.25) is 5.91 Å². The first-order chi connectivity index (χ1) is 12.9. The highest BCUT2D eigenvalue weighted by atomic mass is 16.5. The molecule has 6 heteroatoms. The van der Waals surface area contributed by atoms with Crippen molar-refractivity contribution in [1.82, 2.24) is 4.90 Å². The van der Waals surface area contributed by atoms with Gasteiger partial charge in [-0.2, -0.15) is 0 Å². The zero-order valence-corrected chi connectivity index (χ0v) is 16.5. The number of carbonyl (C=O) groups excluding carboxylic acids is 2. The van der Waals surface area contributed by atoms with Crippen LogP contribution in [0.5, 0.6) is 11.5 Å². The monoisotopic (exact) mass is 370 g/mol. The normalized spacial score (nSPS) is 10.3. The van der Waals surface area contributed by atoms with Crippen molar-refractivity contribution >= 4 is 17.5 Å². The molecule has 0 aliphatic heterocycles. The summed E-state index contributed by atoms with van der Waals surface area (Å²) in [6.07, 6.45) is 0. The lowest BCUT2D eigenvalue weighted by atomic mass is 10.1. The van der Waals surface area contributed by atoms with Crippen LogP contribution in [-0.4, -0.2) is 44.0 Å². The molecule has 0 unspecified atom stereocenters. The second kappa shape index (κ2) is 9.07. The Morgan fingerprint density at radius 2 is 1.74 bits per heavy atom. The largest absolute Gasteiger partial charge is 0.493 e. The Morgan fingerprint density at radius 3 is 2.33 bits per heavy atom. The predicted octanol–water partition coefficient (Wildman–Crippen LogP) is 3.42. The molecule has 0 aliphatic rings. The van der Waals surface area contributed by atoms with Gasteiger partial charge >= 0.3 is 0 Å². The fourth-order valence-electron chi connectivity index (χ4n) is 2.78. The van der Waals surface area contributed by atoms with Crippen LogP contribution in [0.2, 0.25) is 0 Å². The maximum Gasteiger partial charge on any atom is 0.254 e. The number of methoxy groups -OCH3 is 1. The lowest BCUT2D eigenvalue weighted by molar-refractivity contribution is -0.116. The molecule has 1 N–H and O–H groups in total. The third kappa shape index (κ3) is 5.00. The molecule has 0 spiro atoms. The van der Waals surface area contributed by atoms with Crippen molar-refractivity contribution in [1.29, 1.82) is 0 Å². The molecule has 0 radical (unpaired) electrons. The first-order valence-corrected chi connectivity index (χ1v) is 8.79. The zero-order chi connectivity index (χ0) is 20.0. The number of para-hydroxylation sites is 1. The van der Waals surface area contributed by atoms with Gasteiger partial charge in [0.1, 0.15) is 0 Å². The highest BCUT2D eigenvalue weighted by Gasteiger charge is 2.18. The highest BCUT2D eigenvalue weighted by molar-refractivity contribution is 6.00. The van der Waals surface area contributed by atoms with E-state index in [-0.39, 0.29) is 18.4 Å². The number of hydrogen-bond donors (Lipinski definition) is 1. The molecule has 6 nitrogen and oxygen atoms in total. The number of ether oxygens (including phenoxy) is 2. The van der Waals surface area contributed by atoms with E-state index in [4.69, 9.17) is 9.47 Å². The number of aryl methyl sites for hydroxylation is 2. The number of rotatable bonds is 7. The van der Waals surface area contributed by atoms with Gasteiger partial charge in [-0.3, -0.25) is 9.59 Å². The number of likely N-dealkylation sites (N-methyl/N-ethyl adjacent to an activating group) is 1. The average Bonchev–Trinajstić information content (AvgIpc) is 2.64. The number of carbonyl (C=O) groups is 2. The highest BCUT2D eigenvalue weighted by Crippen LogP contribution is 2.28. The van der Waals surface area contributed by atoms with E-state index in [1.807, 2.05) is 39.0 Å². The Morgan fingerprint density at radius 1 is 1.07 bits per heavy atom. The standard InChI is InChI=1S/C21H26N2O4/c1-6-27-18-12-16(10-11-17(18)26-5)21(25)23(4)13-19(24)22-20-14(2)8-7-9-15(20)3/h7-12H,6,13H2,1-5H3,(H,22,24). The summed E-state index contributed by atoms with van der Waals surface area (Å²) in [5.74, 6) is 0.542. The van der Waals surface area contributed by atoms with Gasteiger partial charge in [0.05, 0.1) is 20.3 Å². The zero-order valence-electron chi connectivity index (χ0n) is 16.5. The molecule has 2 rings (SSSR count). The first-order valence-electron chi connectivity index (χ1n) is 8.79. The van der Waals surface area contributed by atoms with Crippen molar-refractivity contribution in [3.63, 3.8) is 0 Å². The summed E-state index contributed by atoms with van der Waals surface area (Å²) in [4.78, 5) is 26.4. The minimum absolute atomic E-state index is 0.0530. The van der Waals surface area contributed by atoms with Gasteiger partial charge in [0, 0.05) is 18.3 Å². The summed E-state index contributed by atoms with van der Waals surface area (Å²) >= 11 is 0. The first kappa shape index (κ1) is 20.3. The maximum absolute atomic E-state index is 12.7. The van der Waals surface area contributed by atoms with E-state index in [0.717, 1.165) is 16.8 Å². The Kier molecular flexibility index (Phi) is 6.82. The van der Waals surface area contributed by atoms with Crippen molar-refractivity contribution in [2.75, 3.05) is 32.6 Å². The van der Waals surface area contributed by atoms with E-state index in [0.29, 0.717) is 23.7 Å². The molecule has 0 atom stereocenters. The number of nitrogens with one attached hydrogen (secondary N) is 1. The Bertz CT molecular complexity index is 813. The SMILES string of the molecule is CCOc1cc(C(=O)N(C)CC(=O)Nc2c(C)cccc2C)ccc1OC. The Labute approximate surface area is 160 Å². The fraction of sp³-hybridized carbons (Fsp3) is 0.333. The lowest BCUT2D eigenvalue weighted by Gasteiger charge is -2.19. The quantitative estimate of drug-likeness (QED) is 0.811. The van der Waals surface area contributed by atoms with Crippen LogP contribution in [0.3, 0.4) is 0 Å². The molecule has 2 aromatic carbocycles. The molecule has 144 valence electrons. The van der Waals surface area contributed by atoms with Gasteiger partial charge in [0.15, 0.2) is 11.5 Å². The molecule has 0 fully saturated rings. The summed E-state index contributed by atoms with van der Waals surface area (Å²) < 4.78 is 10.7. The Balaban J connectivity index is 2.09. The number of hydrogen-bond acceptors (Lipinski definition) is 4. The molecule has 0 bridgehead atoms. The smallest absolute Gasteiger partial charge is 0.254 e. The summed E-state index contributed by atoms with van der Waals surface area (Å²) in [7, 11) is 3.14. The lowest BCUT2D eigenvalue weighted by Crippen LogP contribution is -2.35. The average molecular weight is 370 g/mol. The van der Waals surface area contributed by atoms with Crippen LogP contribution in [0.4, 0.5) is 5.69 Å². The third-order valence-electron chi connectivity index (χ3n) is 4.18. The summed E-state index contributed by atoms with van der Waals surface area (Å²) in [5.41, 5.74) is 3.18. The van der Waals surface area contributed by atoms with Crippen LogP contribution in [-0.2, 0) is 4.79 Å². The van der Waals surface area contributed by atoms with Crippen LogP contribution >= 0.6 is 0 Å². The van der Waals surface area contributed by atoms with Crippen LogP contribution in [0.1, 0.15) is 28.4 Å². The molecule has 0 aliphatic carbocycles. The number of nitrogens with zero attached hydrogens (tertiary/aromatic N) is 1. The molecule has 2 aromatic rings.